The third-order valence-corrected chi connectivity index (χ3v) is 6.61. The molecule has 0 N–H and O–H groups in total. The number of amides is 2. The molecule has 0 fully saturated rings. The molecule has 0 bridgehead atoms. The van der Waals surface area contributed by atoms with Gasteiger partial charge in [0, 0.05) is 51.3 Å². The van der Waals surface area contributed by atoms with Crippen LogP contribution in [0.2, 0.25) is 0 Å². The number of benzene rings is 1. The number of pyridine rings is 1. The fourth-order valence-electron chi connectivity index (χ4n) is 4.43. The van der Waals surface area contributed by atoms with Crippen LogP contribution in [0.25, 0.3) is 0 Å². The number of aromatic nitrogens is 3. The van der Waals surface area contributed by atoms with Gasteiger partial charge in [-0.15, -0.1) is 0 Å². The van der Waals surface area contributed by atoms with E-state index < -0.39 is 0 Å². The fraction of sp³-hybridized carbons (Fsp3) is 0.423. The maximum atomic E-state index is 13.5. The lowest BCUT2D eigenvalue weighted by Gasteiger charge is -2.21. The Bertz CT molecular complexity index is 1310. The Morgan fingerprint density at radius 2 is 1.86 bits per heavy atom. The van der Waals surface area contributed by atoms with Gasteiger partial charge in [0.25, 0.3) is 11.5 Å². The molecule has 2 amide bonds. The van der Waals surface area contributed by atoms with Crippen molar-refractivity contribution < 1.29 is 19.0 Å². The molecule has 0 saturated carbocycles. The van der Waals surface area contributed by atoms with Crippen LogP contribution in [0.3, 0.4) is 0 Å². The molecule has 0 radical (unpaired) electrons. The van der Waals surface area contributed by atoms with E-state index in [0.29, 0.717) is 61.5 Å². The number of carbonyl (C=O) groups excluding carboxylic acids is 2. The van der Waals surface area contributed by atoms with Crippen LogP contribution < -0.4 is 10.3 Å². The van der Waals surface area contributed by atoms with Crippen LogP contribution in [0.5, 0.6) is 5.75 Å². The minimum absolute atomic E-state index is 0.0300. The molecule has 1 aliphatic heterocycles. The summed E-state index contributed by atoms with van der Waals surface area (Å²) in [4.78, 5) is 42.7. The van der Waals surface area contributed by atoms with Crippen molar-refractivity contribution in [2.24, 2.45) is 0 Å². The Kier molecular flexibility index (Phi) is 7.52. The molecule has 0 atom stereocenters. The highest BCUT2D eigenvalue weighted by Gasteiger charge is 2.28. The van der Waals surface area contributed by atoms with Crippen molar-refractivity contribution in [3.8, 4) is 5.75 Å². The smallest absolute Gasteiger partial charge is 0.259 e. The average molecular weight is 494 g/mol. The summed E-state index contributed by atoms with van der Waals surface area (Å²) >= 11 is 0. The maximum absolute atomic E-state index is 13.5. The standard InChI is InChI=1S/C26H31N5O5/c1-17-5-7-19(8-6-17)9-10-23(32)30-12-11-21-25(22(35-4)15-24(33)31(21)14-13-30)26(34)29(3)16-20-18(2)27-36-28-20/h5-8,15H,9-14,16H2,1-4H3. The summed E-state index contributed by atoms with van der Waals surface area (Å²) in [5, 5.41) is 7.61. The highest BCUT2D eigenvalue weighted by Crippen LogP contribution is 2.25. The van der Waals surface area contributed by atoms with Gasteiger partial charge in [0.1, 0.15) is 22.7 Å². The van der Waals surface area contributed by atoms with Crippen molar-refractivity contribution in [3.05, 3.63) is 74.5 Å². The number of hydrogen-bond acceptors (Lipinski definition) is 7. The summed E-state index contributed by atoms with van der Waals surface area (Å²) in [5.41, 5.74) is 4.08. The van der Waals surface area contributed by atoms with Gasteiger partial charge in [-0.1, -0.05) is 40.1 Å². The molecular weight excluding hydrogens is 462 g/mol. The number of aryl methyl sites for hydroxylation is 3. The van der Waals surface area contributed by atoms with Gasteiger partial charge in [0.15, 0.2) is 0 Å². The third-order valence-electron chi connectivity index (χ3n) is 6.61. The lowest BCUT2D eigenvalue weighted by molar-refractivity contribution is -0.131. The second kappa shape index (κ2) is 10.8. The van der Waals surface area contributed by atoms with E-state index in [1.807, 2.05) is 31.2 Å². The van der Waals surface area contributed by atoms with E-state index in [4.69, 9.17) is 9.37 Å². The Morgan fingerprint density at radius 1 is 1.11 bits per heavy atom. The van der Waals surface area contributed by atoms with Gasteiger partial charge in [-0.2, -0.15) is 0 Å². The van der Waals surface area contributed by atoms with Gasteiger partial charge in [-0.25, -0.2) is 4.63 Å². The van der Waals surface area contributed by atoms with Gasteiger partial charge < -0.3 is 19.1 Å². The summed E-state index contributed by atoms with van der Waals surface area (Å²) in [6.45, 7) is 5.10. The lowest BCUT2D eigenvalue weighted by Crippen LogP contribution is -2.34. The topological polar surface area (TPSA) is 111 Å². The molecule has 0 saturated heterocycles. The van der Waals surface area contributed by atoms with Gasteiger partial charge in [-0.3, -0.25) is 14.4 Å². The summed E-state index contributed by atoms with van der Waals surface area (Å²) in [6, 6.07) is 9.49. The van der Waals surface area contributed by atoms with E-state index in [1.54, 1.807) is 23.4 Å². The van der Waals surface area contributed by atoms with Crippen LogP contribution in [0, 0.1) is 13.8 Å². The maximum Gasteiger partial charge on any atom is 0.259 e. The molecule has 0 unspecified atom stereocenters. The molecule has 1 aromatic carbocycles. The molecular formula is C26H31N5O5. The van der Waals surface area contributed by atoms with Crippen LogP contribution in [-0.2, 0) is 30.7 Å². The van der Waals surface area contributed by atoms with Gasteiger partial charge in [0.05, 0.1) is 13.7 Å². The molecule has 0 spiro atoms. The molecule has 0 aliphatic carbocycles. The number of rotatable bonds is 7. The number of methoxy groups -OCH3 is 1. The van der Waals surface area contributed by atoms with Gasteiger partial charge in [0.2, 0.25) is 5.91 Å². The number of fused-ring (bicyclic) bond motifs is 1. The van der Waals surface area contributed by atoms with E-state index in [2.05, 4.69) is 10.3 Å². The van der Waals surface area contributed by atoms with E-state index in [0.717, 1.165) is 5.56 Å². The van der Waals surface area contributed by atoms with E-state index in [1.165, 1.54) is 23.6 Å². The van der Waals surface area contributed by atoms with E-state index >= 15 is 0 Å². The summed E-state index contributed by atoms with van der Waals surface area (Å²) in [7, 11) is 3.08. The monoisotopic (exact) mass is 493 g/mol. The number of carbonyl (C=O) groups is 2. The second-order valence-corrected chi connectivity index (χ2v) is 9.10. The Hall–Kier alpha value is -3.95. The van der Waals surface area contributed by atoms with Crippen molar-refractivity contribution in [2.45, 2.75) is 46.2 Å². The predicted octanol–water partition coefficient (Wildman–Crippen LogP) is 2.15. The highest BCUT2D eigenvalue weighted by molar-refractivity contribution is 5.98. The Balaban J connectivity index is 1.53. The summed E-state index contributed by atoms with van der Waals surface area (Å²) < 4.78 is 11.8. The first kappa shape index (κ1) is 25.2. The minimum Gasteiger partial charge on any atom is -0.496 e. The Morgan fingerprint density at radius 3 is 2.53 bits per heavy atom. The molecule has 4 rings (SSSR count). The molecule has 3 aromatic rings. The first-order chi connectivity index (χ1) is 17.3. The quantitative estimate of drug-likeness (QED) is 0.496. The van der Waals surface area contributed by atoms with Crippen LogP contribution in [0.15, 0.2) is 39.8 Å². The van der Waals surface area contributed by atoms with Crippen LogP contribution in [0.1, 0.15) is 45.0 Å². The minimum atomic E-state index is -0.308. The lowest BCUT2D eigenvalue weighted by atomic mass is 10.1. The van der Waals surface area contributed by atoms with Crippen molar-refractivity contribution in [1.82, 2.24) is 24.7 Å². The first-order valence-corrected chi connectivity index (χ1v) is 12.0. The molecule has 2 aromatic heterocycles. The molecule has 190 valence electrons. The largest absolute Gasteiger partial charge is 0.496 e. The zero-order valence-electron chi connectivity index (χ0n) is 21.1. The fourth-order valence-corrected chi connectivity index (χ4v) is 4.43. The molecule has 10 heteroatoms. The normalized spacial score (nSPS) is 13.2. The van der Waals surface area contributed by atoms with Crippen LogP contribution in [0.4, 0.5) is 0 Å². The van der Waals surface area contributed by atoms with Crippen LogP contribution >= 0.6 is 0 Å². The molecule has 1 aliphatic rings. The van der Waals surface area contributed by atoms with Gasteiger partial charge in [-0.05, 0) is 25.8 Å². The van der Waals surface area contributed by atoms with Crippen molar-refractivity contribution >= 4 is 11.8 Å². The van der Waals surface area contributed by atoms with Gasteiger partial charge >= 0.3 is 0 Å². The average Bonchev–Trinajstić information content (AvgIpc) is 3.13. The van der Waals surface area contributed by atoms with Crippen molar-refractivity contribution in [1.29, 1.82) is 0 Å². The number of nitrogens with zero attached hydrogens (tertiary/aromatic N) is 5. The van der Waals surface area contributed by atoms with E-state index in [-0.39, 0.29) is 29.7 Å². The summed E-state index contributed by atoms with van der Waals surface area (Å²) in [6.07, 6.45) is 1.40. The first-order valence-electron chi connectivity index (χ1n) is 12.0. The van der Waals surface area contributed by atoms with Crippen molar-refractivity contribution in [3.63, 3.8) is 0 Å². The molecule has 3 heterocycles. The van der Waals surface area contributed by atoms with E-state index in [9.17, 15) is 14.4 Å². The molecule has 10 nitrogen and oxygen atoms in total. The number of hydrogen-bond donors (Lipinski definition) is 0. The molecule has 36 heavy (non-hydrogen) atoms. The zero-order valence-corrected chi connectivity index (χ0v) is 21.1. The predicted molar refractivity (Wildman–Crippen MR) is 132 cm³/mol. The SMILES string of the molecule is COc1cc(=O)n2c(c1C(=O)N(C)Cc1nonc1C)CCN(C(=O)CCc1ccc(C)cc1)CC2. The number of ether oxygens (including phenoxy) is 1. The van der Waals surface area contributed by atoms with Crippen LogP contribution in [-0.4, -0.2) is 63.7 Å². The third kappa shape index (κ3) is 5.32. The Labute approximate surface area is 209 Å². The zero-order chi connectivity index (χ0) is 25.8. The second-order valence-electron chi connectivity index (χ2n) is 9.10. The summed E-state index contributed by atoms with van der Waals surface area (Å²) in [5.74, 6) is -0.0585. The van der Waals surface area contributed by atoms with Crippen molar-refractivity contribution in [2.75, 3.05) is 27.2 Å². The highest BCUT2D eigenvalue weighted by atomic mass is 16.6.